The number of nitrogens with zero attached hydrogens (tertiary/aromatic N) is 1. The maximum Gasteiger partial charge on any atom is 0.0616 e. The van der Waals surface area contributed by atoms with Crippen molar-refractivity contribution < 1.29 is 5.11 Å². The highest BCUT2D eigenvalue weighted by Crippen LogP contribution is 2.37. The summed E-state index contributed by atoms with van der Waals surface area (Å²) < 4.78 is 0. The average molecular weight is 282 g/mol. The average Bonchev–Trinajstić information content (AvgIpc) is 2.73. The third-order valence-corrected chi connectivity index (χ3v) is 5.67. The molecule has 2 N–H and O–H groups in total. The minimum atomic E-state index is 0.0217. The van der Waals surface area contributed by atoms with Crippen molar-refractivity contribution in [2.45, 2.75) is 64.3 Å². The third-order valence-electron chi connectivity index (χ3n) is 5.67. The molecule has 1 saturated carbocycles. The van der Waals surface area contributed by atoms with Crippen LogP contribution in [0.4, 0.5) is 0 Å². The normalized spacial score (nSPS) is 36.1. The molecule has 1 aliphatic heterocycles. The molecule has 118 valence electrons. The SMILES string of the molecule is CCNC1(CO)CCCC1CCN1CCCC(C)CC1. The molecule has 0 aromatic rings. The summed E-state index contributed by atoms with van der Waals surface area (Å²) in [7, 11) is 0. The topological polar surface area (TPSA) is 35.5 Å². The van der Waals surface area contributed by atoms with E-state index in [-0.39, 0.29) is 5.54 Å². The van der Waals surface area contributed by atoms with Gasteiger partial charge in [0.1, 0.15) is 0 Å². The van der Waals surface area contributed by atoms with Gasteiger partial charge in [-0.1, -0.05) is 20.3 Å². The number of likely N-dealkylation sites (N-methyl/N-ethyl adjacent to an activating group) is 1. The summed E-state index contributed by atoms with van der Waals surface area (Å²) in [6.45, 7) is 9.61. The Labute approximate surface area is 125 Å². The largest absolute Gasteiger partial charge is 0.394 e. The molecule has 2 rings (SSSR count). The molecule has 2 fully saturated rings. The molecule has 0 radical (unpaired) electrons. The lowest BCUT2D eigenvalue weighted by Crippen LogP contribution is -2.52. The van der Waals surface area contributed by atoms with Gasteiger partial charge in [0.2, 0.25) is 0 Å². The monoisotopic (exact) mass is 282 g/mol. The van der Waals surface area contributed by atoms with Crippen molar-refractivity contribution in [3.63, 3.8) is 0 Å². The first kappa shape index (κ1) is 16.3. The lowest BCUT2D eigenvalue weighted by Gasteiger charge is -2.36. The van der Waals surface area contributed by atoms with Crippen molar-refractivity contribution in [2.75, 3.05) is 32.8 Å². The molecule has 0 aromatic carbocycles. The molecule has 3 atom stereocenters. The van der Waals surface area contributed by atoms with E-state index in [0.717, 1.165) is 18.9 Å². The van der Waals surface area contributed by atoms with Gasteiger partial charge >= 0.3 is 0 Å². The summed E-state index contributed by atoms with van der Waals surface area (Å²) in [6, 6.07) is 0. The summed E-state index contributed by atoms with van der Waals surface area (Å²) in [5.74, 6) is 1.57. The maximum atomic E-state index is 9.86. The van der Waals surface area contributed by atoms with E-state index >= 15 is 0 Å². The van der Waals surface area contributed by atoms with E-state index in [4.69, 9.17) is 0 Å². The third kappa shape index (κ3) is 3.96. The second-order valence-corrected chi connectivity index (χ2v) is 7.10. The molecule has 3 unspecified atom stereocenters. The van der Waals surface area contributed by atoms with Crippen LogP contribution >= 0.6 is 0 Å². The summed E-state index contributed by atoms with van der Waals surface area (Å²) in [6.07, 6.45) is 9.10. The smallest absolute Gasteiger partial charge is 0.0616 e. The van der Waals surface area contributed by atoms with Crippen molar-refractivity contribution in [3.05, 3.63) is 0 Å². The zero-order valence-electron chi connectivity index (χ0n) is 13.5. The van der Waals surface area contributed by atoms with Crippen LogP contribution in [0.5, 0.6) is 0 Å². The lowest BCUT2D eigenvalue weighted by atomic mass is 9.85. The van der Waals surface area contributed by atoms with Crippen LogP contribution in [0.1, 0.15) is 58.8 Å². The second-order valence-electron chi connectivity index (χ2n) is 7.10. The van der Waals surface area contributed by atoms with Crippen LogP contribution in [0.15, 0.2) is 0 Å². The van der Waals surface area contributed by atoms with Crippen molar-refractivity contribution >= 4 is 0 Å². The van der Waals surface area contributed by atoms with Crippen LogP contribution in [-0.4, -0.2) is 48.3 Å². The predicted octanol–water partition coefficient (Wildman–Crippen LogP) is 2.64. The molecule has 0 aromatic heterocycles. The number of rotatable bonds is 6. The molecule has 1 heterocycles. The first-order valence-electron chi connectivity index (χ1n) is 8.78. The van der Waals surface area contributed by atoms with Gasteiger partial charge in [0.25, 0.3) is 0 Å². The standard InChI is InChI=1S/C17H34N2O/c1-3-18-17(14-20)10-4-7-16(17)9-13-19-11-5-6-15(2)8-12-19/h15-16,18,20H,3-14H2,1-2H3. The Morgan fingerprint density at radius 2 is 2.05 bits per heavy atom. The van der Waals surface area contributed by atoms with Gasteiger partial charge in [0, 0.05) is 5.54 Å². The van der Waals surface area contributed by atoms with Crippen molar-refractivity contribution in [3.8, 4) is 0 Å². The lowest BCUT2D eigenvalue weighted by molar-refractivity contribution is 0.113. The summed E-state index contributed by atoms with van der Waals surface area (Å²) in [5, 5.41) is 13.5. The Kier molecular flexibility index (Phi) is 6.31. The van der Waals surface area contributed by atoms with Gasteiger partial charge in [-0.3, -0.25) is 0 Å². The quantitative estimate of drug-likeness (QED) is 0.786. The van der Waals surface area contributed by atoms with Crippen LogP contribution in [0, 0.1) is 11.8 Å². The van der Waals surface area contributed by atoms with E-state index in [1.807, 2.05) is 0 Å². The fraction of sp³-hybridized carbons (Fsp3) is 1.00. The fourth-order valence-electron chi connectivity index (χ4n) is 4.30. The Morgan fingerprint density at radius 3 is 2.80 bits per heavy atom. The van der Waals surface area contributed by atoms with Gasteiger partial charge in [-0.2, -0.15) is 0 Å². The van der Waals surface area contributed by atoms with Gasteiger partial charge in [0.15, 0.2) is 0 Å². The van der Waals surface area contributed by atoms with E-state index in [2.05, 4.69) is 24.1 Å². The van der Waals surface area contributed by atoms with E-state index in [0.29, 0.717) is 12.5 Å². The van der Waals surface area contributed by atoms with Crippen molar-refractivity contribution in [2.24, 2.45) is 11.8 Å². The van der Waals surface area contributed by atoms with Crippen LogP contribution in [0.3, 0.4) is 0 Å². The molecule has 3 heteroatoms. The summed E-state index contributed by atoms with van der Waals surface area (Å²) >= 11 is 0. The number of hydrogen-bond donors (Lipinski definition) is 2. The predicted molar refractivity (Wildman–Crippen MR) is 84.9 cm³/mol. The van der Waals surface area contributed by atoms with E-state index in [9.17, 15) is 5.11 Å². The van der Waals surface area contributed by atoms with Crippen molar-refractivity contribution in [1.29, 1.82) is 0 Å². The number of likely N-dealkylation sites (tertiary alicyclic amines) is 1. The first-order chi connectivity index (χ1) is 9.70. The van der Waals surface area contributed by atoms with Gasteiger partial charge in [0.05, 0.1) is 6.61 Å². The minimum absolute atomic E-state index is 0.0217. The molecular formula is C17H34N2O. The molecule has 20 heavy (non-hydrogen) atoms. The molecule has 3 nitrogen and oxygen atoms in total. The van der Waals surface area contributed by atoms with E-state index in [1.54, 1.807) is 0 Å². The van der Waals surface area contributed by atoms with Crippen LogP contribution in [-0.2, 0) is 0 Å². The molecule has 0 bridgehead atoms. The summed E-state index contributed by atoms with van der Waals surface area (Å²) in [5.41, 5.74) is 0.0217. The Bertz CT molecular complexity index is 284. The zero-order chi connectivity index (χ0) is 14.4. The van der Waals surface area contributed by atoms with Gasteiger partial charge in [-0.05, 0) is 76.5 Å². The van der Waals surface area contributed by atoms with Crippen molar-refractivity contribution in [1.82, 2.24) is 10.2 Å². The first-order valence-corrected chi connectivity index (χ1v) is 8.78. The minimum Gasteiger partial charge on any atom is -0.394 e. The zero-order valence-corrected chi connectivity index (χ0v) is 13.5. The van der Waals surface area contributed by atoms with Crippen LogP contribution in [0.25, 0.3) is 0 Å². The number of hydrogen-bond acceptors (Lipinski definition) is 3. The highest BCUT2D eigenvalue weighted by molar-refractivity contribution is 4.98. The van der Waals surface area contributed by atoms with Gasteiger partial charge in [-0.15, -0.1) is 0 Å². The molecule has 1 saturated heterocycles. The number of nitrogens with one attached hydrogen (secondary N) is 1. The Morgan fingerprint density at radius 1 is 1.20 bits per heavy atom. The second kappa shape index (κ2) is 7.77. The van der Waals surface area contributed by atoms with Crippen LogP contribution < -0.4 is 5.32 Å². The maximum absolute atomic E-state index is 9.86. The van der Waals surface area contributed by atoms with E-state index < -0.39 is 0 Å². The number of aliphatic hydroxyl groups excluding tert-OH is 1. The number of aliphatic hydroxyl groups is 1. The Hall–Kier alpha value is -0.120. The van der Waals surface area contributed by atoms with Gasteiger partial charge < -0.3 is 15.3 Å². The highest BCUT2D eigenvalue weighted by Gasteiger charge is 2.41. The molecule has 0 spiro atoms. The summed E-state index contributed by atoms with van der Waals surface area (Å²) in [4.78, 5) is 2.66. The highest BCUT2D eigenvalue weighted by atomic mass is 16.3. The molecule has 2 aliphatic rings. The van der Waals surface area contributed by atoms with Gasteiger partial charge in [-0.25, -0.2) is 0 Å². The van der Waals surface area contributed by atoms with E-state index in [1.165, 1.54) is 58.2 Å². The fourth-order valence-corrected chi connectivity index (χ4v) is 4.30. The Balaban J connectivity index is 1.82. The molecule has 0 amide bonds. The molecule has 1 aliphatic carbocycles. The van der Waals surface area contributed by atoms with Crippen LogP contribution in [0.2, 0.25) is 0 Å². The molecular weight excluding hydrogens is 248 g/mol.